The third kappa shape index (κ3) is 3.30. The van der Waals surface area contributed by atoms with Gasteiger partial charge in [0.25, 0.3) is 0 Å². The lowest BCUT2D eigenvalue weighted by atomic mass is 9.90. The minimum Gasteiger partial charge on any atom is -0.336 e. The minimum absolute atomic E-state index is 0.0755. The first-order chi connectivity index (χ1) is 12.6. The van der Waals surface area contributed by atoms with Gasteiger partial charge < -0.3 is 15.5 Å². The van der Waals surface area contributed by atoms with Gasteiger partial charge in [0.2, 0.25) is 5.91 Å². The number of nitrogens with one attached hydrogen (secondary N) is 2. The van der Waals surface area contributed by atoms with Gasteiger partial charge in [0.15, 0.2) is 0 Å². The van der Waals surface area contributed by atoms with Crippen molar-refractivity contribution in [3.8, 4) is 0 Å². The van der Waals surface area contributed by atoms with Crippen molar-refractivity contribution < 1.29 is 9.59 Å². The summed E-state index contributed by atoms with van der Waals surface area (Å²) in [6.07, 6.45) is 4.49. The van der Waals surface area contributed by atoms with Crippen molar-refractivity contribution in [3.05, 3.63) is 24.3 Å². The fraction of sp³-hybridized carbons (Fsp3) is 0.600. The summed E-state index contributed by atoms with van der Waals surface area (Å²) >= 11 is 0. The van der Waals surface area contributed by atoms with E-state index in [9.17, 15) is 9.59 Å². The van der Waals surface area contributed by atoms with Crippen LogP contribution in [0.4, 0.5) is 16.2 Å². The van der Waals surface area contributed by atoms with Crippen molar-refractivity contribution in [1.29, 1.82) is 0 Å². The Morgan fingerprint density at radius 3 is 2.81 bits per heavy atom. The van der Waals surface area contributed by atoms with E-state index < -0.39 is 0 Å². The summed E-state index contributed by atoms with van der Waals surface area (Å²) in [5.41, 5.74) is 1.84. The first-order valence-corrected chi connectivity index (χ1v) is 9.80. The summed E-state index contributed by atoms with van der Waals surface area (Å²) in [7, 11) is 0. The molecule has 0 bridgehead atoms. The van der Waals surface area contributed by atoms with E-state index >= 15 is 0 Å². The summed E-state index contributed by atoms with van der Waals surface area (Å²) in [5.74, 6) is 0.280. The number of benzene rings is 1. The fourth-order valence-corrected chi connectivity index (χ4v) is 4.51. The van der Waals surface area contributed by atoms with E-state index in [4.69, 9.17) is 0 Å². The Bertz CT molecular complexity index is 697. The molecule has 2 saturated heterocycles. The molecule has 2 heterocycles. The number of likely N-dealkylation sites (tertiary alicyclic amines) is 1. The number of carbonyl (C=O) groups excluding carboxylic acids is 2. The maximum Gasteiger partial charge on any atom is 0.321 e. The number of amides is 3. The quantitative estimate of drug-likeness (QED) is 0.852. The SMILES string of the molecule is CCCN1CCC2(CC1)CC2C(=O)Nc1cccc(N2CCNC2=O)c1. The van der Waals surface area contributed by atoms with Gasteiger partial charge in [-0.3, -0.25) is 9.69 Å². The molecule has 3 aliphatic rings. The second-order valence-corrected chi connectivity index (χ2v) is 7.88. The molecule has 140 valence electrons. The number of carbonyl (C=O) groups is 2. The molecule has 1 aromatic rings. The van der Waals surface area contributed by atoms with E-state index in [2.05, 4.69) is 22.5 Å². The van der Waals surface area contributed by atoms with Gasteiger partial charge in [0.1, 0.15) is 0 Å². The molecule has 1 aromatic carbocycles. The summed E-state index contributed by atoms with van der Waals surface area (Å²) in [4.78, 5) is 28.8. The minimum atomic E-state index is -0.0755. The van der Waals surface area contributed by atoms with Crippen LogP contribution in [-0.2, 0) is 4.79 Å². The van der Waals surface area contributed by atoms with Crippen molar-refractivity contribution >= 4 is 23.3 Å². The summed E-state index contributed by atoms with van der Waals surface area (Å²) in [6.45, 7) is 6.96. The third-order valence-electron chi connectivity index (χ3n) is 6.18. The predicted octanol–water partition coefficient (Wildman–Crippen LogP) is 2.67. The van der Waals surface area contributed by atoms with Crippen LogP contribution in [0.1, 0.15) is 32.6 Å². The molecular formula is C20H28N4O2. The van der Waals surface area contributed by atoms with Crippen molar-refractivity contribution in [1.82, 2.24) is 10.2 Å². The first kappa shape index (κ1) is 17.3. The lowest BCUT2D eigenvalue weighted by Crippen LogP contribution is -2.36. The van der Waals surface area contributed by atoms with Crippen molar-refractivity contribution in [2.24, 2.45) is 11.3 Å². The highest BCUT2D eigenvalue weighted by Crippen LogP contribution is 2.59. The molecule has 0 aromatic heterocycles. The van der Waals surface area contributed by atoms with Crippen LogP contribution in [0.2, 0.25) is 0 Å². The molecule has 3 amide bonds. The Morgan fingerprint density at radius 2 is 2.12 bits per heavy atom. The molecular weight excluding hydrogens is 328 g/mol. The molecule has 1 spiro atoms. The van der Waals surface area contributed by atoms with E-state index in [-0.39, 0.29) is 23.3 Å². The van der Waals surface area contributed by atoms with Crippen LogP contribution in [0.3, 0.4) is 0 Å². The molecule has 6 nitrogen and oxygen atoms in total. The van der Waals surface area contributed by atoms with Gasteiger partial charge in [0, 0.05) is 30.4 Å². The molecule has 1 unspecified atom stereocenters. The van der Waals surface area contributed by atoms with Gasteiger partial charge in [-0.05, 0) is 68.9 Å². The van der Waals surface area contributed by atoms with Crippen LogP contribution >= 0.6 is 0 Å². The number of piperidine rings is 1. The van der Waals surface area contributed by atoms with E-state index in [1.807, 2.05) is 24.3 Å². The van der Waals surface area contributed by atoms with Gasteiger partial charge in [-0.1, -0.05) is 13.0 Å². The van der Waals surface area contributed by atoms with Crippen LogP contribution in [0, 0.1) is 11.3 Å². The highest BCUT2D eigenvalue weighted by atomic mass is 16.2. The Hall–Kier alpha value is -2.08. The molecule has 1 aliphatic carbocycles. The Morgan fingerprint density at radius 1 is 1.31 bits per heavy atom. The maximum atomic E-state index is 12.7. The van der Waals surface area contributed by atoms with E-state index in [1.54, 1.807) is 4.90 Å². The molecule has 0 radical (unpaired) electrons. The highest BCUT2D eigenvalue weighted by Gasteiger charge is 2.58. The topological polar surface area (TPSA) is 64.7 Å². The second kappa shape index (κ2) is 6.91. The second-order valence-electron chi connectivity index (χ2n) is 7.88. The average molecular weight is 356 g/mol. The summed E-state index contributed by atoms with van der Waals surface area (Å²) < 4.78 is 0. The summed E-state index contributed by atoms with van der Waals surface area (Å²) in [6, 6.07) is 7.51. The van der Waals surface area contributed by atoms with Crippen LogP contribution in [0.15, 0.2) is 24.3 Å². The normalized spacial score (nSPS) is 24.6. The molecule has 26 heavy (non-hydrogen) atoms. The highest BCUT2D eigenvalue weighted by molar-refractivity contribution is 5.97. The molecule has 3 fully saturated rings. The largest absolute Gasteiger partial charge is 0.336 e. The zero-order valence-electron chi connectivity index (χ0n) is 15.5. The smallest absolute Gasteiger partial charge is 0.321 e. The van der Waals surface area contributed by atoms with E-state index in [0.29, 0.717) is 13.1 Å². The lowest BCUT2D eigenvalue weighted by molar-refractivity contribution is -0.118. The predicted molar refractivity (Wildman–Crippen MR) is 102 cm³/mol. The molecule has 1 atom stereocenters. The Kier molecular flexibility index (Phi) is 4.61. The van der Waals surface area contributed by atoms with Crippen molar-refractivity contribution in [3.63, 3.8) is 0 Å². The zero-order valence-corrected chi connectivity index (χ0v) is 15.5. The first-order valence-electron chi connectivity index (χ1n) is 9.80. The lowest BCUT2D eigenvalue weighted by Gasteiger charge is -2.32. The monoisotopic (exact) mass is 356 g/mol. The maximum absolute atomic E-state index is 12.7. The summed E-state index contributed by atoms with van der Waals surface area (Å²) in [5, 5.41) is 5.88. The van der Waals surface area contributed by atoms with Gasteiger partial charge in [-0.15, -0.1) is 0 Å². The standard InChI is InChI=1S/C20H28N4O2/c1-2-9-23-10-6-20(7-11-23)14-17(20)18(25)22-15-4-3-5-16(13-15)24-12-8-21-19(24)26/h3-5,13,17H,2,6-12,14H2,1H3,(H,21,26)(H,22,25). The van der Waals surface area contributed by atoms with Crippen molar-refractivity contribution in [2.45, 2.75) is 32.6 Å². The average Bonchev–Trinajstić information content (AvgIpc) is 3.17. The Labute approximate surface area is 154 Å². The fourth-order valence-electron chi connectivity index (χ4n) is 4.51. The number of hydrogen-bond donors (Lipinski definition) is 2. The molecule has 2 aliphatic heterocycles. The zero-order chi connectivity index (χ0) is 18.1. The molecule has 2 N–H and O–H groups in total. The number of anilines is 2. The van der Waals surface area contributed by atoms with Crippen LogP contribution in [-0.4, -0.2) is 49.6 Å². The van der Waals surface area contributed by atoms with Crippen LogP contribution in [0.25, 0.3) is 0 Å². The van der Waals surface area contributed by atoms with Gasteiger partial charge in [-0.2, -0.15) is 0 Å². The Balaban J connectivity index is 1.35. The third-order valence-corrected chi connectivity index (χ3v) is 6.18. The molecule has 1 saturated carbocycles. The van der Waals surface area contributed by atoms with Crippen molar-refractivity contribution in [2.75, 3.05) is 42.9 Å². The van der Waals surface area contributed by atoms with Crippen LogP contribution in [0.5, 0.6) is 0 Å². The van der Waals surface area contributed by atoms with Crippen LogP contribution < -0.4 is 15.5 Å². The number of hydrogen-bond acceptors (Lipinski definition) is 3. The van der Waals surface area contributed by atoms with Gasteiger partial charge in [0.05, 0.1) is 0 Å². The van der Waals surface area contributed by atoms with E-state index in [1.165, 1.54) is 13.0 Å². The number of nitrogens with zero attached hydrogens (tertiary/aromatic N) is 2. The molecule has 6 heteroatoms. The number of urea groups is 1. The van der Waals surface area contributed by atoms with Gasteiger partial charge in [-0.25, -0.2) is 4.79 Å². The van der Waals surface area contributed by atoms with E-state index in [0.717, 1.165) is 43.7 Å². The van der Waals surface area contributed by atoms with Gasteiger partial charge >= 0.3 is 6.03 Å². The molecule has 4 rings (SSSR count). The number of rotatable bonds is 5.